The van der Waals surface area contributed by atoms with Crippen molar-refractivity contribution in [3.63, 3.8) is 0 Å². The van der Waals surface area contributed by atoms with E-state index in [1.807, 2.05) is 11.8 Å². The number of rotatable bonds is 5. The van der Waals surface area contributed by atoms with E-state index in [0.29, 0.717) is 12.1 Å². The Hall–Kier alpha value is -1.69. The molecule has 6 heteroatoms. The smallest absolute Gasteiger partial charge is 0.387 e. The van der Waals surface area contributed by atoms with E-state index in [0.717, 1.165) is 19.5 Å². The number of alkyl halides is 2. The predicted octanol–water partition coefficient (Wildman–Crippen LogP) is 2.11. The highest BCUT2D eigenvalue weighted by atomic mass is 19.3. The van der Waals surface area contributed by atoms with Crippen molar-refractivity contribution in [1.82, 2.24) is 10.2 Å². The van der Waals surface area contributed by atoms with Crippen molar-refractivity contribution in [2.75, 3.05) is 19.6 Å². The lowest BCUT2D eigenvalue weighted by Gasteiger charge is -2.27. The van der Waals surface area contributed by atoms with E-state index >= 15 is 0 Å². The number of carbonyl (C=O) groups is 1. The Kier molecular flexibility index (Phi) is 4.89. The van der Waals surface area contributed by atoms with Crippen molar-refractivity contribution in [3.05, 3.63) is 29.8 Å². The summed E-state index contributed by atoms with van der Waals surface area (Å²) in [5.41, 5.74) is 0.486. The first-order valence-corrected chi connectivity index (χ1v) is 6.68. The van der Waals surface area contributed by atoms with Gasteiger partial charge in [-0.05, 0) is 44.2 Å². The maximum atomic E-state index is 12.4. The van der Waals surface area contributed by atoms with E-state index in [1.165, 1.54) is 24.3 Å². The quantitative estimate of drug-likeness (QED) is 0.900. The monoisotopic (exact) mass is 284 g/mol. The molecule has 4 nitrogen and oxygen atoms in total. The molecule has 0 aromatic heterocycles. The van der Waals surface area contributed by atoms with Crippen LogP contribution in [0.15, 0.2) is 24.3 Å². The van der Waals surface area contributed by atoms with Gasteiger partial charge >= 0.3 is 6.61 Å². The molecule has 1 amide bonds. The van der Waals surface area contributed by atoms with Crippen molar-refractivity contribution in [3.8, 4) is 5.75 Å². The molecule has 1 aliphatic heterocycles. The number of likely N-dealkylation sites (N-methyl/N-ethyl adjacent to an activating group) is 1. The number of amides is 1. The Labute approximate surface area is 116 Å². The first-order valence-electron chi connectivity index (χ1n) is 6.68. The Morgan fingerprint density at radius 2 is 2.15 bits per heavy atom. The summed E-state index contributed by atoms with van der Waals surface area (Å²) in [7, 11) is 0. The summed E-state index contributed by atoms with van der Waals surface area (Å²) in [6.07, 6.45) is 0.937. The van der Waals surface area contributed by atoms with E-state index in [2.05, 4.69) is 10.1 Å². The van der Waals surface area contributed by atoms with Crippen molar-refractivity contribution >= 4 is 5.91 Å². The minimum atomic E-state index is -2.85. The predicted molar refractivity (Wildman–Crippen MR) is 71.1 cm³/mol. The fourth-order valence-corrected chi connectivity index (χ4v) is 2.42. The molecule has 0 spiro atoms. The Bertz CT molecular complexity index is 445. The van der Waals surface area contributed by atoms with E-state index in [1.54, 1.807) is 0 Å². The van der Waals surface area contributed by atoms with E-state index in [9.17, 15) is 13.6 Å². The summed E-state index contributed by atoms with van der Waals surface area (Å²) in [4.78, 5) is 14.2. The molecule has 20 heavy (non-hydrogen) atoms. The van der Waals surface area contributed by atoms with Gasteiger partial charge in [0.15, 0.2) is 0 Å². The van der Waals surface area contributed by atoms with Crippen LogP contribution in [-0.2, 0) is 0 Å². The molecular weight excluding hydrogens is 266 g/mol. The number of hydrogen-bond donors (Lipinski definition) is 1. The van der Waals surface area contributed by atoms with Gasteiger partial charge in [0, 0.05) is 24.7 Å². The van der Waals surface area contributed by atoms with Crippen LogP contribution >= 0.6 is 0 Å². The summed E-state index contributed by atoms with van der Waals surface area (Å²) in [5, 5.41) is 3.23. The van der Waals surface area contributed by atoms with Crippen LogP contribution in [0.3, 0.4) is 0 Å². The van der Waals surface area contributed by atoms with Gasteiger partial charge in [-0.15, -0.1) is 0 Å². The second-order valence-electron chi connectivity index (χ2n) is 4.64. The molecule has 0 bridgehead atoms. The minimum absolute atomic E-state index is 0.0575. The third-order valence-electron chi connectivity index (χ3n) is 3.40. The maximum absolute atomic E-state index is 12.4. The Morgan fingerprint density at radius 1 is 1.45 bits per heavy atom. The molecule has 1 atom stereocenters. The second kappa shape index (κ2) is 6.65. The van der Waals surface area contributed by atoms with Crippen LogP contribution in [0.1, 0.15) is 23.7 Å². The van der Waals surface area contributed by atoms with Gasteiger partial charge in [-0.25, -0.2) is 0 Å². The van der Waals surface area contributed by atoms with Crippen molar-refractivity contribution < 1.29 is 18.3 Å². The van der Waals surface area contributed by atoms with Crippen molar-refractivity contribution in [2.24, 2.45) is 0 Å². The molecule has 2 rings (SSSR count). The molecule has 110 valence electrons. The molecule has 0 saturated carbocycles. The SMILES string of the molecule is CCN(C(=O)c1ccc(OC(F)F)cc1)C1CCNC1. The minimum Gasteiger partial charge on any atom is -0.435 e. The first-order chi connectivity index (χ1) is 9.61. The lowest BCUT2D eigenvalue weighted by Crippen LogP contribution is -2.41. The van der Waals surface area contributed by atoms with E-state index < -0.39 is 6.61 Å². The number of halogens is 2. The van der Waals surface area contributed by atoms with Gasteiger partial charge in [-0.3, -0.25) is 4.79 Å². The molecule has 0 aliphatic carbocycles. The largest absolute Gasteiger partial charge is 0.435 e. The molecular formula is C14H18F2N2O2. The summed E-state index contributed by atoms with van der Waals surface area (Å²) in [5.74, 6) is -0.0214. The standard InChI is InChI=1S/C14H18F2N2O2/c1-2-18(11-7-8-17-9-11)13(19)10-3-5-12(6-4-10)20-14(15)16/h3-6,11,14,17H,2,7-9H2,1H3. The van der Waals surface area contributed by atoms with Gasteiger partial charge in [0.25, 0.3) is 5.91 Å². The molecule has 1 fully saturated rings. The summed E-state index contributed by atoms with van der Waals surface area (Å²) in [6.45, 7) is 1.42. The molecule has 1 aromatic rings. The summed E-state index contributed by atoms with van der Waals surface area (Å²) >= 11 is 0. The molecule has 1 aliphatic rings. The number of nitrogens with zero attached hydrogens (tertiary/aromatic N) is 1. The molecule has 1 aromatic carbocycles. The molecule has 1 saturated heterocycles. The summed E-state index contributed by atoms with van der Waals surface area (Å²) in [6, 6.07) is 6.01. The van der Waals surface area contributed by atoms with Gasteiger partial charge in [-0.2, -0.15) is 8.78 Å². The maximum Gasteiger partial charge on any atom is 0.387 e. The number of benzene rings is 1. The molecule has 1 N–H and O–H groups in total. The number of carbonyl (C=O) groups excluding carboxylic acids is 1. The topological polar surface area (TPSA) is 41.6 Å². The highest BCUT2D eigenvalue weighted by Crippen LogP contribution is 2.18. The van der Waals surface area contributed by atoms with Gasteiger partial charge < -0.3 is 15.0 Å². The normalized spacial score (nSPS) is 18.3. The zero-order valence-electron chi connectivity index (χ0n) is 11.3. The van der Waals surface area contributed by atoms with Crippen LogP contribution in [0.4, 0.5) is 8.78 Å². The van der Waals surface area contributed by atoms with Crippen LogP contribution in [-0.4, -0.2) is 43.1 Å². The lowest BCUT2D eigenvalue weighted by atomic mass is 10.1. The highest BCUT2D eigenvalue weighted by molar-refractivity contribution is 5.94. The van der Waals surface area contributed by atoms with Gasteiger partial charge in [0.2, 0.25) is 0 Å². The molecule has 1 heterocycles. The molecule has 1 unspecified atom stereocenters. The van der Waals surface area contributed by atoms with Crippen LogP contribution in [0.5, 0.6) is 5.75 Å². The van der Waals surface area contributed by atoms with Gasteiger partial charge in [0.1, 0.15) is 5.75 Å². The lowest BCUT2D eigenvalue weighted by molar-refractivity contribution is -0.0498. The van der Waals surface area contributed by atoms with Crippen LogP contribution in [0, 0.1) is 0 Å². The Morgan fingerprint density at radius 3 is 2.65 bits per heavy atom. The van der Waals surface area contributed by atoms with Gasteiger partial charge in [-0.1, -0.05) is 0 Å². The van der Waals surface area contributed by atoms with Crippen LogP contribution < -0.4 is 10.1 Å². The zero-order valence-corrected chi connectivity index (χ0v) is 11.3. The second-order valence-corrected chi connectivity index (χ2v) is 4.64. The highest BCUT2D eigenvalue weighted by Gasteiger charge is 2.25. The fourth-order valence-electron chi connectivity index (χ4n) is 2.42. The average Bonchev–Trinajstić information content (AvgIpc) is 2.93. The molecule has 0 radical (unpaired) electrons. The van der Waals surface area contributed by atoms with E-state index in [-0.39, 0.29) is 17.7 Å². The average molecular weight is 284 g/mol. The zero-order chi connectivity index (χ0) is 14.5. The summed E-state index contributed by atoms with van der Waals surface area (Å²) < 4.78 is 28.4. The third kappa shape index (κ3) is 3.45. The number of nitrogens with one attached hydrogen (secondary N) is 1. The van der Waals surface area contributed by atoms with Crippen molar-refractivity contribution in [1.29, 1.82) is 0 Å². The van der Waals surface area contributed by atoms with Crippen molar-refractivity contribution in [2.45, 2.75) is 26.0 Å². The van der Waals surface area contributed by atoms with Crippen LogP contribution in [0.25, 0.3) is 0 Å². The number of hydrogen-bond acceptors (Lipinski definition) is 3. The third-order valence-corrected chi connectivity index (χ3v) is 3.40. The van der Waals surface area contributed by atoms with E-state index in [4.69, 9.17) is 0 Å². The number of ether oxygens (including phenoxy) is 1. The van der Waals surface area contributed by atoms with Gasteiger partial charge in [0.05, 0.1) is 0 Å². The van der Waals surface area contributed by atoms with Crippen LogP contribution in [0.2, 0.25) is 0 Å². The fraction of sp³-hybridized carbons (Fsp3) is 0.500. The Balaban J connectivity index is 2.07. The first kappa shape index (κ1) is 14.7.